The first-order valence-electron chi connectivity index (χ1n) is 10.4. The third-order valence-electron chi connectivity index (χ3n) is 5.06. The summed E-state index contributed by atoms with van der Waals surface area (Å²) in [7, 11) is 1.60. The molecule has 1 heterocycles. The molecule has 172 valence electrons. The number of thioether (sulfide) groups is 1. The number of allylic oxidation sites excluding steroid dienone is 1. The largest absolute Gasteiger partial charge is 0.384 e. The van der Waals surface area contributed by atoms with Gasteiger partial charge in [-0.25, -0.2) is 9.97 Å². The van der Waals surface area contributed by atoms with Gasteiger partial charge in [0.15, 0.2) is 0 Å². The van der Waals surface area contributed by atoms with Crippen molar-refractivity contribution in [1.29, 1.82) is 0 Å². The Bertz CT molecular complexity index is 982. The lowest BCUT2D eigenvalue weighted by Gasteiger charge is -2.22. The molecule has 0 saturated heterocycles. The van der Waals surface area contributed by atoms with E-state index in [0.29, 0.717) is 41.5 Å². The zero-order valence-corrected chi connectivity index (χ0v) is 20.5. The van der Waals surface area contributed by atoms with Gasteiger partial charge in [-0.05, 0) is 36.6 Å². The van der Waals surface area contributed by atoms with Gasteiger partial charge >= 0.3 is 0 Å². The molecule has 8 heteroatoms. The number of hydrogen-bond acceptors (Lipinski definition) is 7. The molecule has 1 aromatic carbocycles. The number of hydrogen-bond donors (Lipinski definition) is 1. The highest BCUT2D eigenvalue weighted by atomic mass is 32.2. The van der Waals surface area contributed by atoms with E-state index < -0.39 is 0 Å². The molecule has 7 nitrogen and oxygen atoms in total. The van der Waals surface area contributed by atoms with Gasteiger partial charge < -0.3 is 15.4 Å². The predicted octanol–water partition coefficient (Wildman–Crippen LogP) is 4.46. The third-order valence-corrected chi connectivity index (χ3v) is 6.22. The van der Waals surface area contributed by atoms with Crippen LogP contribution in [0.2, 0.25) is 0 Å². The summed E-state index contributed by atoms with van der Waals surface area (Å²) in [5, 5.41) is -0.0834. The van der Waals surface area contributed by atoms with Crippen molar-refractivity contribution in [1.82, 2.24) is 14.9 Å². The van der Waals surface area contributed by atoms with Crippen LogP contribution in [0, 0.1) is 6.92 Å². The van der Waals surface area contributed by atoms with Crippen LogP contribution < -0.4 is 5.73 Å². The second kappa shape index (κ2) is 11.2. The van der Waals surface area contributed by atoms with E-state index in [9.17, 15) is 9.59 Å². The number of rotatable bonds is 9. The normalized spacial score (nSPS) is 12.3. The molecule has 2 rings (SSSR count). The number of amides is 1. The molecule has 0 radical (unpaired) electrons. The summed E-state index contributed by atoms with van der Waals surface area (Å²) in [5.74, 6) is 0.897. The lowest BCUT2D eigenvalue weighted by Crippen LogP contribution is -2.22. The Labute approximate surface area is 194 Å². The fourth-order valence-electron chi connectivity index (χ4n) is 2.99. The molecule has 0 unspecified atom stereocenters. The number of nitrogens with zero attached hydrogens (tertiary/aromatic N) is 3. The minimum atomic E-state index is -0.0834. The summed E-state index contributed by atoms with van der Waals surface area (Å²) in [6.45, 7) is 10.6. The summed E-state index contributed by atoms with van der Waals surface area (Å²) in [4.78, 5) is 35.5. The topological polar surface area (TPSA) is 98.4 Å². The summed E-state index contributed by atoms with van der Waals surface area (Å²) >= 11 is 1.12. The molecule has 0 aliphatic rings. The van der Waals surface area contributed by atoms with Crippen molar-refractivity contribution in [3.8, 4) is 0 Å². The number of nitrogen functional groups attached to an aromatic ring is 1. The van der Waals surface area contributed by atoms with Crippen molar-refractivity contribution in [2.24, 2.45) is 0 Å². The summed E-state index contributed by atoms with van der Waals surface area (Å²) in [5.41, 5.74) is 9.09. The van der Waals surface area contributed by atoms with Gasteiger partial charge in [0.25, 0.3) is 0 Å². The van der Waals surface area contributed by atoms with Crippen LogP contribution in [0.5, 0.6) is 0 Å². The summed E-state index contributed by atoms with van der Waals surface area (Å²) in [6.07, 6.45) is 2.85. The van der Waals surface area contributed by atoms with Gasteiger partial charge in [-0.1, -0.05) is 45.0 Å². The number of anilines is 1. The zero-order valence-electron chi connectivity index (χ0n) is 19.6. The molecule has 0 spiro atoms. The first kappa shape index (κ1) is 25.5. The molecule has 0 saturated carbocycles. The number of methoxy groups -OCH3 is 1. The van der Waals surface area contributed by atoms with Crippen LogP contribution in [-0.4, -0.2) is 40.1 Å². The van der Waals surface area contributed by atoms with Crippen LogP contribution in [0.15, 0.2) is 41.1 Å². The van der Waals surface area contributed by atoms with E-state index in [1.807, 2.05) is 31.2 Å². The van der Waals surface area contributed by atoms with E-state index in [0.717, 1.165) is 28.6 Å². The SMILES string of the molecule is COCC/C(SC(=O)c1ccc(C(C)(C)C)cc1)=C(\C)N(C=O)Cc1cnc(C)nc1N. The zero-order chi connectivity index (χ0) is 23.9. The monoisotopic (exact) mass is 456 g/mol. The van der Waals surface area contributed by atoms with Crippen molar-refractivity contribution < 1.29 is 14.3 Å². The average Bonchev–Trinajstić information content (AvgIpc) is 2.75. The van der Waals surface area contributed by atoms with Gasteiger partial charge in [0.05, 0.1) is 13.2 Å². The van der Waals surface area contributed by atoms with Crippen molar-refractivity contribution in [3.63, 3.8) is 0 Å². The van der Waals surface area contributed by atoms with Crippen molar-refractivity contribution in [2.45, 2.75) is 53.0 Å². The van der Waals surface area contributed by atoms with E-state index in [4.69, 9.17) is 10.5 Å². The Morgan fingerprint density at radius 1 is 1.25 bits per heavy atom. The molecular formula is C24H32N4O3S. The van der Waals surface area contributed by atoms with Gasteiger partial charge in [-0.2, -0.15) is 0 Å². The van der Waals surface area contributed by atoms with Crippen LogP contribution in [0.3, 0.4) is 0 Å². The van der Waals surface area contributed by atoms with E-state index in [1.54, 1.807) is 20.2 Å². The molecule has 32 heavy (non-hydrogen) atoms. The number of benzene rings is 1. The lowest BCUT2D eigenvalue weighted by atomic mass is 9.87. The number of nitrogens with two attached hydrogens (primary N) is 1. The highest BCUT2D eigenvalue weighted by molar-refractivity contribution is 8.17. The lowest BCUT2D eigenvalue weighted by molar-refractivity contribution is -0.116. The van der Waals surface area contributed by atoms with Crippen LogP contribution in [0.4, 0.5) is 5.82 Å². The van der Waals surface area contributed by atoms with E-state index in [2.05, 4.69) is 30.7 Å². The highest BCUT2D eigenvalue weighted by Gasteiger charge is 2.19. The van der Waals surface area contributed by atoms with Crippen LogP contribution >= 0.6 is 11.8 Å². The number of aryl methyl sites for hydroxylation is 1. The van der Waals surface area contributed by atoms with Crippen LogP contribution in [0.25, 0.3) is 0 Å². The Morgan fingerprint density at radius 3 is 2.44 bits per heavy atom. The quantitative estimate of drug-likeness (QED) is 0.556. The predicted molar refractivity (Wildman–Crippen MR) is 129 cm³/mol. The summed E-state index contributed by atoms with van der Waals surface area (Å²) in [6, 6.07) is 7.66. The Morgan fingerprint density at radius 2 is 1.91 bits per heavy atom. The van der Waals surface area contributed by atoms with E-state index >= 15 is 0 Å². The van der Waals surface area contributed by atoms with Gasteiger partial charge in [0, 0.05) is 41.5 Å². The molecule has 0 aliphatic carbocycles. The van der Waals surface area contributed by atoms with Crippen molar-refractivity contribution in [2.75, 3.05) is 19.5 Å². The molecule has 0 aliphatic heterocycles. The molecule has 1 aromatic heterocycles. The van der Waals surface area contributed by atoms with Gasteiger partial charge in [0.2, 0.25) is 11.5 Å². The number of aromatic nitrogens is 2. The minimum absolute atomic E-state index is 0.0147. The van der Waals surface area contributed by atoms with Gasteiger partial charge in [-0.15, -0.1) is 0 Å². The highest BCUT2D eigenvalue weighted by Crippen LogP contribution is 2.30. The molecule has 0 bridgehead atoms. The molecule has 0 fully saturated rings. The fraction of sp³-hybridized carbons (Fsp3) is 0.417. The number of ether oxygens (including phenoxy) is 1. The smallest absolute Gasteiger partial charge is 0.223 e. The molecule has 2 N–H and O–H groups in total. The first-order valence-corrected chi connectivity index (χ1v) is 11.2. The van der Waals surface area contributed by atoms with Crippen LogP contribution in [0.1, 0.15) is 61.4 Å². The maximum atomic E-state index is 13.0. The maximum absolute atomic E-state index is 13.0. The average molecular weight is 457 g/mol. The maximum Gasteiger partial charge on any atom is 0.223 e. The van der Waals surface area contributed by atoms with Crippen molar-refractivity contribution >= 4 is 29.1 Å². The van der Waals surface area contributed by atoms with Gasteiger partial charge in [0.1, 0.15) is 11.6 Å². The molecular weight excluding hydrogens is 424 g/mol. The molecule has 1 amide bonds. The van der Waals surface area contributed by atoms with Crippen molar-refractivity contribution in [3.05, 3.63) is 63.6 Å². The number of carbonyl (C=O) groups excluding carboxylic acids is 2. The molecule has 0 atom stereocenters. The second-order valence-electron chi connectivity index (χ2n) is 8.53. The Hall–Kier alpha value is -2.71. The first-order chi connectivity index (χ1) is 15.1. The Kier molecular flexibility index (Phi) is 8.98. The summed E-state index contributed by atoms with van der Waals surface area (Å²) < 4.78 is 5.22. The molecule has 2 aromatic rings. The van der Waals surface area contributed by atoms with Gasteiger partial charge in [-0.3, -0.25) is 9.59 Å². The van der Waals surface area contributed by atoms with Crippen LogP contribution in [-0.2, 0) is 21.5 Å². The van der Waals surface area contributed by atoms with E-state index in [-0.39, 0.29) is 17.1 Å². The minimum Gasteiger partial charge on any atom is -0.384 e. The number of carbonyl (C=O) groups is 2. The van der Waals surface area contributed by atoms with E-state index in [1.165, 1.54) is 4.90 Å². The second-order valence-corrected chi connectivity index (χ2v) is 9.60. The standard InChI is InChI=1S/C24H32N4O3S/c1-16(28(15-29)14-19-13-26-17(2)27-22(19)25)21(11-12-31-6)32-23(30)18-7-9-20(10-8-18)24(3,4)5/h7-10,13,15H,11-12,14H2,1-6H3,(H2,25,26,27)/b21-16-. The fourth-order valence-corrected chi connectivity index (χ4v) is 3.92. The Balaban J connectivity index is 2.28. The third kappa shape index (κ3) is 6.90.